The van der Waals surface area contributed by atoms with E-state index in [0.29, 0.717) is 32.7 Å². The molecular weight excluding hydrogens is 593 g/mol. The Kier molecular flexibility index (Phi) is 10.5. The molecule has 1 atom stereocenters. The van der Waals surface area contributed by atoms with Crippen molar-refractivity contribution >= 4 is 62.3 Å². The molecule has 0 aliphatic heterocycles. The highest BCUT2D eigenvalue weighted by Gasteiger charge is 2.34. The van der Waals surface area contributed by atoms with Crippen LogP contribution >= 0.6 is 34.8 Å². The molecule has 0 aliphatic rings. The van der Waals surface area contributed by atoms with E-state index in [-0.39, 0.29) is 17.3 Å². The van der Waals surface area contributed by atoms with Crippen molar-refractivity contribution in [1.82, 2.24) is 10.2 Å². The molecule has 214 valence electrons. The molecule has 0 aliphatic carbocycles. The van der Waals surface area contributed by atoms with E-state index < -0.39 is 34.1 Å². The molecule has 0 fully saturated rings. The summed E-state index contributed by atoms with van der Waals surface area (Å²) in [6, 6.07) is 18.1. The van der Waals surface area contributed by atoms with Crippen LogP contribution in [-0.4, -0.2) is 43.3 Å². The van der Waals surface area contributed by atoms with E-state index in [1.165, 1.54) is 29.2 Å². The number of hydrogen-bond acceptors (Lipinski definition) is 4. The Labute approximate surface area is 251 Å². The number of carbonyl (C=O) groups is 2. The van der Waals surface area contributed by atoms with Gasteiger partial charge in [-0.1, -0.05) is 66.0 Å². The summed E-state index contributed by atoms with van der Waals surface area (Å²) in [5.41, 5.74) is 0.389. The van der Waals surface area contributed by atoms with Crippen molar-refractivity contribution in [2.45, 2.75) is 57.1 Å². The fourth-order valence-electron chi connectivity index (χ4n) is 4.06. The summed E-state index contributed by atoms with van der Waals surface area (Å²) in [5.74, 6) is -0.918. The molecule has 7 nitrogen and oxygen atoms in total. The van der Waals surface area contributed by atoms with Gasteiger partial charge in [-0.25, -0.2) is 8.42 Å². The van der Waals surface area contributed by atoms with Gasteiger partial charge in [-0.2, -0.15) is 0 Å². The highest BCUT2D eigenvalue weighted by atomic mass is 35.5. The van der Waals surface area contributed by atoms with Gasteiger partial charge in [0.2, 0.25) is 11.8 Å². The molecule has 3 aromatic rings. The summed E-state index contributed by atoms with van der Waals surface area (Å²) < 4.78 is 28.6. The van der Waals surface area contributed by atoms with Gasteiger partial charge >= 0.3 is 0 Å². The first-order chi connectivity index (χ1) is 18.7. The lowest BCUT2D eigenvalue weighted by molar-refractivity contribution is -0.141. The van der Waals surface area contributed by atoms with Crippen LogP contribution in [0.2, 0.25) is 15.1 Å². The minimum absolute atomic E-state index is 0.00934. The van der Waals surface area contributed by atoms with Crippen molar-refractivity contribution in [2.24, 2.45) is 0 Å². The normalized spacial score (nSPS) is 12.5. The molecule has 0 radical (unpaired) electrons. The van der Waals surface area contributed by atoms with Crippen LogP contribution in [-0.2, 0) is 26.2 Å². The van der Waals surface area contributed by atoms with Crippen LogP contribution in [0.1, 0.15) is 39.7 Å². The van der Waals surface area contributed by atoms with Crippen LogP contribution in [0.4, 0.5) is 5.69 Å². The van der Waals surface area contributed by atoms with Gasteiger partial charge in [0.1, 0.15) is 12.6 Å². The van der Waals surface area contributed by atoms with Gasteiger partial charge < -0.3 is 10.2 Å². The second-order valence-electron chi connectivity index (χ2n) is 10.2. The maximum atomic E-state index is 14.0. The Morgan fingerprint density at radius 3 is 2.08 bits per heavy atom. The van der Waals surface area contributed by atoms with E-state index in [0.717, 1.165) is 4.31 Å². The second kappa shape index (κ2) is 13.3. The SMILES string of the molecule is CCC(C(=O)NC(C)(C)C)N(Cc1ccc(Cl)c(Cl)c1)C(=O)CN(c1ccccc1)S(=O)(=O)c1ccc(Cl)cc1. The third-order valence-corrected chi connectivity index (χ3v) is 8.72. The first-order valence-corrected chi connectivity index (χ1v) is 15.2. The van der Waals surface area contributed by atoms with E-state index in [1.807, 2.05) is 20.8 Å². The fraction of sp³-hybridized carbons (Fsp3) is 0.310. The van der Waals surface area contributed by atoms with Crippen molar-refractivity contribution in [1.29, 1.82) is 0 Å². The van der Waals surface area contributed by atoms with Crippen LogP contribution in [0.15, 0.2) is 77.7 Å². The summed E-state index contributed by atoms with van der Waals surface area (Å²) >= 11 is 18.3. The summed E-state index contributed by atoms with van der Waals surface area (Å²) in [6.45, 7) is 6.79. The van der Waals surface area contributed by atoms with Gasteiger partial charge in [-0.15, -0.1) is 0 Å². The van der Waals surface area contributed by atoms with E-state index in [1.54, 1.807) is 55.5 Å². The Balaban J connectivity index is 2.06. The number of carbonyl (C=O) groups excluding carboxylic acids is 2. The predicted molar refractivity (Wildman–Crippen MR) is 161 cm³/mol. The van der Waals surface area contributed by atoms with Crippen molar-refractivity contribution in [3.63, 3.8) is 0 Å². The molecule has 1 unspecified atom stereocenters. The summed E-state index contributed by atoms with van der Waals surface area (Å²) in [7, 11) is -4.18. The van der Waals surface area contributed by atoms with Crippen LogP contribution < -0.4 is 9.62 Å². The lowest BCUT2D eigenvalue weighted by Gasteiger charge is -2.34. The van der Waals surface area contributed by atoms with Gasteiger partial charge in [0.25, 0.3) is 10.0 Å². The van der Waals surface area contributed by atoms with Gasteiger partial charge in [0, 0.05) is 17.1 Å². The monoisotopic (exact) mass is 623 g/mol. The molecule has 0 saturated carbocycles. The zero-order valence-corrected chi connectivity index (χ0v) is 25.8. The van der Waals surface area contributed by atoms with Crippen LogP contribution in [0.25, 0.3) is 0 Å². The molecule has 0 heterocycles. The Hall–Kier alpha value is -2.78. The van der Waals surface area contributed by atoms with Crippen molar-refractivity contribution < 1.29 is 18.0 Å². The number of benzene rings is 3. The third-order valence-electron chi connectivity index (χ3n) is 5.95. The minimum atomic E-state index is -4.18. The molecule has 0 spiro atoms. The summed E-state index contributed by atoms with van der Waals surface area (Å²) in [6.07, 6.45) is 0.296. The number of sulfonamides is 1. The number of para-hydroxylation sites is 1. The molecule has 3 aromatic carbocycles. The smallest absolute Gasteiger partial charge is 0.264 e. The van der Waals surface area contributed by atoms with Gasteiger partial charge in [-0.3, -0.25) is 13.9 Å². The van der Waals surface area contributed by atoms with Crippen LogP contribution in [0, 0.1) is 0 Å². The first kappa shape index (κ1) is 31.7. The molecule has 40 heavy (non-hydrogen) atoms. The molecular formula is C29H32Cl3N3O4S. The number of amides is 2. The molecule has 11 heteroatoms. The van der Waals surface area contributed by atoms with Crippen LogP contribution in [0.3, 0.4) is 0 Å². The Morgan fingerprint density at radius 1 is 0.900 bits per heavy atom. The van der Waals surface area contributed by atoms with Gasteiger partial charge in [0.15, 0.2) is 0 Å². The molecule has 0 aromatic heterocycles. The van der Waals surface area contributed by atoms with Crippen molar-refractivity contribution in [3.05, 3.63) is 93.4 Å². The first-order valence-electron chi connectivity index (χ1n) is 12.6. The maximum Gasteiger partial charge on any atom is 0.264 e. The van der Waals surface area contributed by atoms with E-state index in [2.05, 4.69) is 5.32 Å². The summed E-state index contributed by atoms with van der Waals surface area (Å²) in [4.78, 5) is 28.8. The zero-order chi connectivity index (χ0) is 29.7. The molecule has 3 rings (SSSR count). The highest BCUT2D eigenvalue weighted by molar-refractivity contribution is 7.92. The van der Waals surface area contributed by atoms with E-state index in [4.69, 9.17) is 34.8 Å². The fourth-order valence-corrected chi connectivity index (χ4v) is 5.92. The molecule has 0 bridgehead atoms. The molecule has 0 saturated heterocycles. The van der Waals surface area contributed by atoms with E-state index >= 15 is 0 Å². The number of hydrogen-bond donors (Lipinski definition) is 1. The highest BCUT2D eigenvalue weighted by Crippen LogP contribution is 2.27. The van der Waals surface area contributed by atoms with Gasteiger partial charge in [-0.05, 0) is 81.3 Å². The Bertz CT molecular complexity index is 1440. The maximum absolute atomic E-state index is 14.0. The predicted octanol–water partition coefficient (Wildman–Crippen LogP) is 6.56. The van der Waals surface area contributed by atoms with Crippen molar-refractivity contribution in [2.75, 3.05) is 10.8 Å². The summed E-state index contributed by atoms with van der Waals surface area (Å²) in [5, 5.41) is 3.97. The standard InChI is InChI=1S/C29H32Cl3N3O4S/c1-5-26(28(37)33-29(2,3)4)34(18-20-11-16-24(31)25(32)17-20)27(36)19-35(22-9-7-6-8-10-22)40(38,39)23-14-12-21(30)13-15-23/h6-17,26H,5,18-19H2,1-4H3,(H,33,37). The van der Waals surface area contributed by atoms with Gasteiger partial charge in [0.05, 0.1) is 20.6 Å². The Morgan fingerprint density at radius 2 is 1.52 bits per heavy atom. The van der Waals surface area contributed by atoms with E-state index in [9.17, 15) is 18.0 Å². The number of rotatable bonds is 10. The molecule has 2 amide bonds. The second-order valence-corrected chi connectivity index (χ2v) is 13.3. The number of halogens is 3. The average Bonchev–Trinajstić information content (AvgIpc) is 2.88. The lowest BCUT2D eigenvalue weighted by atomic mass is 10.1. The number of nitrogens with zero attached hydrogens (tertiary/aromatic N) is 2. The minimum Gasteiger partial charge on any atom is -0.350 e. The van der Waals surface area contributed by atoms with Crippen LogP contribution in [0.5, 0.6) is 0 Å². The largest absolute Gasteiger partial charge is 0.350 e. The number of anilines is 1. The zero-order valence-electron chi connectivity index (χ0n) is 22.7. The third kappa shape index (κ3) is 8.13. The topological polar surface area (TPSA) is 86.8 Å². The lowest BCUT2D eigenvalue weighted by Crippen LogP contribution is -2.55. The average molecular weight is 625 g/mol. The van der Waals surface area contributed by atoms with Crippen molar-refractivity contribution in [3.8, 4) is 0 Å². The quantitative estimate of drug-likeness (QED) is 0.277. The molecule has 1 N–H and O–H groups in total. The number of nitrogens with one attached hydrogen (secondary N) is 1.